The first-order valence-electron chi connectivity index (χ1n) is 14.4. The second-order valence-electron chi connectivity index (χ2n) is 10.8. The highest BCUT2D eigenvalue weighted by Gasteiger charge is 2.31. The van der Waals surface area contributed by atoms with E-state index in [2.05, 4.69) is 104 Å². The van der Waals surface area contributed by atoms with Crippen LogP contribution in [0.5, 0.6) is 11.5 Å². The summed E-state index contributed by atoms with van der Waals surface area (Å²) in [5, 5.41) is 0. The zero-order chi connectivity index (χ0) is 28.8. The highest BCUT2D eigenvalue weighted by atomic mass is 32.2. The van der Waals surface area contributed by atoms with Gasteiger partial charge in [-0.05, 0) is 60.7 Å². The molecule has 5 aromatic carbocycles. The summed E-state index contributed by atoms with van der Waals surface area (Å²) < 4.78 is 10.7. The average Bonchev–Trinajstić information content (AvgIpc) is 3.76. The molecule has 0 N–H and O–H groups in total. The van der Waals surface area contributed by atoms with E-state index >= 15 is 0 Å². The molecule has 208 valence electrons. The van der Waals surface area contributed by atoms with E-state index in [-0.39, 0.29) is 0 Å². The summed E-state index contributed by atoms with van der Waals surface area (Å²) in [6.45, 7) is 0. The molecule has 5 heterocycles. The molecular formula is C36H22N6OS. The maximum atomic E-state index is 6.38. The fraction of sp³-hybridized carbons (Fsp3) is 0. The van der Waals surface area contributed by atoms with Gasteiger partial charge >= 0.3 is 0 Å². The minimum Gasteiger partial charge on any atom is -0.453 e. The van der Waals surface area contributed by atoms with E-state index in [1.807, 2.05) is 49.1 Å². The van der Waals surface area contributed by atoms with Gasteiger partial charge in [0.25, 0.3) is 0 Å². The standard InChI is InChI=1S/C36H22N6OS/c1-5-13-30-24(9-1)41(25-10-2-6-14-31(25)43-30)23-21-28-34(40-20-18-38-36(40)35-37-17-19-39(28)35)29(22-23)42-26-11-3-7-15-32(26)44-33-16-8-4-12-27(33)42/h1-22H. The summed E-state index contributed by atoms with van der Waals surface area (Å²) in [5.41, 5.74) is 9.97. The zero-order valence-corrected chi connectivity index (χ0v) is 24.0. The van der Waals surface area contributed by atoms with E-state index in [0.717, 1.165) is 68.0 Å². The molecule has 0 aliphatic carbocycles. The number of ether oxygens (including phenoxy) is 1. The van der Waals surface area contributed by atoms with Crippen LogP contribution in [-0.2, 0) is 0 Å². The number of anilines is 6. The molecule has 0 bridgehead atoms. The summed E-state index contributed by atoms with van der Waals surface area (Å²) in [6, 6.07) is 38.2. The molecule has 2 aliphatic rings. The van der Waals surface area contributed by atoms with Crippen molar-refractivity contribution in [1.82, 2.24) is 18.8 Å². The van der Waals surface area contributed by atoms with Crippen LogP contribution in [0.25, 0.3) is 22.3 Å². The Morgan fingerprint density at radius 1 is 0.523 bits per heavy atom. The lowest BCUT2D eigenvalue weighted by Gasteiger charge is -2.36. The molecule has 2 aliphatic heterocycles. The minimum absolute atomic E-state index is 0.809. The van der Waals surface area contributed by atoms with Crippen molar-refractivity contribution in [1.29, 1.82) is 0 Å². The maximum absolute atomic E-state index is 6.38. The van der Waals surface area contributed by atoms with E-state index in [1.165, 1.54) is 9.79 Å². The Labute approximate surface area is 256 Å². The molecule has 0 atom stereocenters. The summed E-state index contributed by atoms with van der Waals surface area (Å²) in [5.74, 6) is 1.63. The van der Waals surface area contributed by atoms with Gasteiger partial charge in [-0.2, -0.15) is 0 Å². The number of hydrogen-bond donors (Lipinski definition) is 0. The predicted molar refractivity (Wildman–Crippen MR) is 175 cm³/mol. The van der Waals surface area contributed by atoms with Crippen LogP contribution in [0.4, 0.5) is 34.1 Å². The molecule has 8 heteroatoms. The van der Waals surface area contributed by atoms with Gasteiger partial charge in [0, 0.05) is 34.6 Å². The first kappa shape index (κ1) is 23.8. The molecule has 8 aromatic rings. The molecule has 0 amide bonds. The molecule has 0 saturated heterocycles. The van der Waals surface area contributed by atoms with Gasteiger partial charge in [-0.15, -0.1) is 0 Å². The Morgan fingerprint density at radius 3 is 1.73 bits per heavy atom. The van der Waals surface area contributed by atoms with Crippen molar-refractivity contribution in [2.24, 2.45) is 0 Å². The van der Waals surface area contributed by atoms with Crippen molar-refractivity contribution in [3.05, 3.63) is 134 Å². The highest BCUT2D eigenvalue weighted by molar-refractivity contribution is 7.99. The quantitative estimate of drug-likeness (QED) is 0.201. The third-order valence-electron chi connectivity index (χ3n) is 8.40. The van der Waals surface area contributed by atoms with Crippen molar-refractivity contribution >= 4 is 68.2 Å². The van der Waals surface area contributed by atoms with Gasteiger partial charge in [0.2, 0.25) is 0 Å². The van der Waals surface area contributed by atoms with Gasteiger partial charge in [0.15, 0.2) is 22.8 Å². The molecule has 3 aromatic heterocycles. The van der Waals surface area contributed by atoms with E-state index in [1.54, 1.807) is 11.8 Å². The Kier molecular flexibility index (Phi) is 4.81. The van der Waals surface area contributed by atoms with Crippen LogP contribution in [0.1, 0.15) is 0 Å². The number of hydrogen-bond acceptors (Lipinski definition) is 6. The van der Waals surface area contributed by atoms with Crippen LogP contribution in [0.3, 0.4) is 0 Å². The van der Waals surface area contributed by atoms with Crippen molar-refractivity contribution in [3.8, 4) is 11.5 Å². The Hall–Kier alpha value is -5.73. The minimum atomic E-state index is 0.809. The number of aromatic nitrogens is 4. The van der Waals surface area contributed by atoms with Crippen molar-refractivity contribution in [2.75, 3.05) is 9.80 Å². The van der Waals surface area contributed by atoms with E-state index in [9.17, 15) is 0 Å². The Morgan fingerprint density at radius 2 is 1.07 bits per heavy atom. The number of imidazole rings is 2. The molecule has 0 unspecified atom stereocenters. The van der Waals surface area contributed by atoms with E-state index in [0.29, 0.717) is 0 Å². The summed E-state index contributed by atoms with van der Waals surface area (Å²) >= 11 is 1.81. The topological polar surface area (TPSA) is 50.3 Å². The largest absolute Gasteiger partial charge is 0.453 e. The number of fused-ring (bicyclic) bond motifs is 10. The van der Waals surface area contributed by atoms with Gasteiger partial charge in [0.05, 0.1) is 45.2 Å². The van der Waals surface area contributed by atoms with Gasteiger partial charge in [-0.3, -0.25) is 8.80 Å². The normalized spacial score (nSPS) is 13.5. The molecule has 10 rings (SSSR count). The van der Waals surface area contributed by atoms with Gasteiger partial charge in [-0.1, -0.05) is 60.3 Å². The number of nitrogens with zero attached hydrogens (tertiary/aromatic N) is 6. The van der Waals surface area contributed by atoms with Crippen LogP contribution >= 0.6 is 11.8 Å². The van der Waals surface area contributed by atoms with Gasteiger partial charge in [0.1, 0.15) is 0 Å². The third-order valence-corrected chi connectivity index (χ3v) is 9.53. The molecule has 0 saturated carbocycles. The summed E-state index contributed by atoms with van der Waals surface area (Å²) in [6.07, 6.45) is 7.75. The Bertz CT molecular complexity index is 2360. The molecule has 0 fully saturated rings. The van der Waals surface area contributed by atoms with Crippen LogP contribution < -0.4 is 14.5 Å². The fourth-order valence-electron chi connectivity index (χ4n) is 6.58. The zero-order valence-electron chi connectivity index (χ0n) is 23.2. The molecule has 0 radical (unpaired) electrons. The van der Waals surface area contributed by atoms with Crippen molar-refractivity contribution in [2.45, 2.75) is 9.79 Å². The lowest BCUT2D eigenvalue weighted by atomic mass is 10.1. The monoisotopic (exact) mass is 586 g/mol. The van der Waals surface area contributed by atoms with E-state index in [4.69, 9.17) is 14.7 Å². The molecule has 0 spiro atoms. The van der Waals surface area contributed by atoms with E-state index < -0.39 is 0 Å². The maximum Gasteiger partial charge on any atom is 0.181 e. The summed E-state index contributed by atoms with van der Waals surface area (Å²) in [7, 11) is 0. The molecule has 7 nitrogen and oxygen atoms in total. The number of para-hydroxylation sites is 6. The third kappa shape index (κ3) is 3.23. The molecular weight excluding hydrogens is 565 g/mol. The predicted octanol–water partition coefficient (Wildman–Crippen LogP) is 9.65. The Balaban J connectivity index is 1.37. The summed E-state index contributed by atoms with van der Waals surface area (Å²) in [4.78, 5) is 16.6. The fourth-order valence-corrected chi connectivity index (χ4v) is 7.64. The van der Waals surface area contributed by atoms with Gasteiger partial charge < -0.3 is 14.5 Å². The van der Waals surface area contributed by atoms with Gasteiger partial charge in [-0.25, -0.2) is 9.97 Å². The van der Waals surface area contributed by atoms with Crippen LogP contribution in [-0.4, -0.2) is 18.8 Å². The first-order valence-corrected chi connectivity index (χ1v) is 15.2. The van der Waals surface area contributed by atoms with Crippen molar-refractivity contribution < 1.29 is 4.74 Å². The SMILES string of the molecule is c1ccc2c(c1)Oc1ccccc1N2c1cc(N2c3ccccc3Sc3ccccc32)c2c(c1)n1ccnc1c1nccn12. The smallest absolute Gasteiger partial charge is 0.181 e. The highest BCUT2D eigenvalue weighted by Crippen LogP contribution is 2.55. The first-order chi connectivity index (χ1) is 21.8. The lowest BCUT2D eigenvalue weighted by molar-refractivity contribution is 0.477. The average molecular weight is 587 g/mol. The van der Waals surface area contributed by atoms with Crippen molar-refractivity contribution in [3.63, 3.8) is 0 Å². The van der Waals surface area contributed by atoms with Crippen LogP contribution in [0.15, 0.2) is 144 Å². The molecule has 44 heavy (non-hydrogen) atoms. The number of rotatable bonds is 2. The lowest BCUT2D eigenvalue weighted by Crippen LogP contribution is -2.19. The van der Waals surface area contributed by atoms with Crippen LogP contribution in [0, 0.1) is 0 Å². The second-order valence-corrected chi connectivity index (χ2v) is 11.9. The van der Waals surface area contributed by atoms with Crippen LogP contribution in [0.2, 0.25) is 0 Å². The second kappa shape index (κ2) is 8.89. The number of benzene rings is 5.